The van der Waals surface area contributed by atoms with Gasteiger partial charge in [-0.1, -0.05) is 42.1 Å². The molecule has 1 N–H and O–H groups in total. The van der Waals surface area contributed by atoms with Gasteiger partial charge in [-0.25, -0.2) is 0 Å². The van der Waals surface area contributed by atoms with Crippen molar-refractivity contribution in [3.8, 4) is 5.75 Å². The molecule has 0 fully saturated rings. The Morgan fingerprint density at radius 3 is 2.45 bits per heavy atom. The lowest BCUT2D eigenvalue weighted by Crippen LogP contribution is -2.42. The molecule has 0 aliphatic rings. The number of ether oxygens (including phenoxy) is 1. The predicted octanol–water partition coefficient (Wildman–Crippen LogP) is 2.95. The summed E-state index contributed by atoms with van der Waals surface area (Å²) in [6.45, 7) is 0.914. The Labute approximate surface area is 183 Å². The van der Waals surface area contributed by atoms with Crippen molar-refractivity contribution < 1.29 is 29.2 Å². The minimum absolute atomic E-state index is 0.0609. The second-order valence-corrected chi connectivity index (χ2v) is 7.82. The number of aromatic hydroxyl groups is 1. The number of esters is 1. The van der Waals surface area contributed by atoms with E-state index in [2.05, 4.69) is 4.74 Å². The molecule has 0 saturated heterocycles. The van der Waals surface area contributed by atoms with Crippen molar-refractivity contribution in [2.45, 2.75) is 13.3 Å². The fourth-order valence-electron chi connectivity index (χ4n) is 2.87. The highest BCUT2D eigenvalue weighted by Crippen LogP contribution is 2.31. The molecular weight excluding hydrogens is 424 g/mol. The minimum Gasteiger partial charge on any atom is -0.502 e. The highest BCUT2D eigenvalue weighted by atomic mass is 32.2. The van der Waals surface area contributed by atoms with E-state index in [0.29, 0.717) is 6.42 Å². The third-order valence-electron chi connectivity index (χ3n) is 4.41. The van der Waals surface area contributed by atoms with E-state index in [9.17, 15) is 29.6 Å². The second-order valence-electron chi connectivity index (χ2n) is 6.62. The van der Waals surface area contributed by atoms with Gasteiger partial charge in [0.2, 0.25) is 5.91 Å². The number of rotatable bonds is 9. The molecule has 164 valence electrons. The number of benzene rings is 2. The van der Waals surface area contributed by atoms with Crippen molar-refractivity contribution in [2.75, 3.05) is 24.3 Å². The standard InChI is InChI=1S/C21H22N2O7S/c1-14(24)31-13-16(10-15-6-4-3-5-7-15)21(27)22(12-20(26)30-2)17-8-9-19(25)18(11-17)23(28)29/h3-9,11,16,25H,10,12-13H2,1-2H3. The van der Waals surface area contributed by atoms with E-state index in [1.807, 2.05) is 30.3 Å². The molecule has 0 radical (unpaired) electrons. The number of carbonyl (C=O) groups is 3. The lowest BCUT2D eigenvalue weighted by Gasteiger charge is -2.26. The molecule has 9 nitrogen and oxygen atoms in total. The van der Waals surface area contributed by atoms with E-state index in [1.54, 1.807) is 0 Å². The summed E-state index contributed by atoms with van der Waals surface area (Å²) < 4.78 is 4.67. The molecule has 1 atom stereocenters. The fourth-order valence-corrected chi connectivity index (χ4v) is 3.57. The van der Waals surface area contributed by atoms with E-state index >= 15 is 0 Å². The minimum atomic E-state index is -0.785. The van der Waals surface area contributed by atoms with Crippen LogP contribution in [0.15, 0.2) is 48.5 Å². The number of nitro groups is 1. The van der Waals surface area contributed by atoms with Gasteiger partial charge in [-0.15, -0.1) is 0 Å². The summed E-state index contributed by atoms with van der Waals surface area (Å²) in [6, 6.07) is 12.6. The maximum atomic E-state index is 13.4. The molecule has 2 aromatic rings. The first-order chi connectivity index (χ1) is 14.7. The molecule has 0 aliphatic carbocycles. The van der Waals surface area contributed by atoms with Crippen molar-refractivity contribution in [3.63, 3.8) is 0 Å². The Balaban J connectivity index is 2.44. The molecule has 0 aromatic heterocycles. The molecule has 1 unspecified atom stereocenters. The van der Waals surface area contributed by atoms with Crippen molar-refractivity contribution in [2.24, 2.45) is 5.92 Å². The van der Waals surface area contributed by atoms with E-state index < -0.39 is 40.7 Å². The van der Waals surface area contributed by atoms with Crippen LogP contribution in [0.5, 0.6) is 5.75 Å². The average molecular weight is 446 g/mol. The lowest BCUT2D eigenvalue weighted by molar-refractivity contribution is -0.385. The lowest BCUT2D eigenvalue weighted by atomic mass is 9.99. The Morgan fingerprint density at radius 2 is 1.87 bits per heavy atom. The number of methoxy groups -OCH3 is 1. The predicted molar refractivity (Wildman–Crippen MR) is 116 cm³/mol. The quantitative estimate of drug-likeness (QED) is 0.354. The molecule has 0 spiro atoms. The number of nitrogens with zero attached hydrogens (tertiary/aromatic N) is 2. The number of phenols is 1. The summed E-state index contributed by atoms with van der Waals surface area (Å²) in [5.74, 6) is -2.30. The Hall–Kier alpha value is -3.40. The topological polar surface area (TPSA) is 127 Å². The van der Waals surface area contributed by atoms with Gasteiger partial charge < -0.3 is 14.7 Å². The molecule has 0 aliphatic heterocycles. The van der Waals surface area contributed by atoms with Gasteiger partial charge in [0.1, 0.15) is 6.54 Å². The molecule has 0 bridgehead atoms. The van der Waals surface area contributed by atoms with Crippen LogP contribution < -0.4 is 4.90 Å². The summed E-state index contributed by atoms with van der Waals surface area (Å²) in [5, 5.41) is 20.8. The van der Waals surface area contributed by atoms with Crippen LogP contribution >= 0.6 is 11.8 Å². The van der Waals surface area contributed by atoms with Crippen LogP contribution in [-0.2, 0) is 25.5 Å². The zero-order chi connectivity index (χ0) is 23.0. The highest BCUT2D eigenvalue weighted by Gasteiger charge is 2.29. The Bertz CT molecular complexity index is 965. The van der Waals surface area contributed by atoms with Crippen LogP contribution in [0.2, 0.25) is 0 Å². The molecule has 10 heteroatoms. The number of nitro benzene ring substituents is 1. The summed E-state index contributed by atoms with van der Waals surface area (Å²) in [5.41, 5.74) is 0.323. The van der Waals surface area contributed by atoms with Gasteiger partial charge in [-0.3, -0.25) is 24.5 Å². The van der Waals surface area contributed by atoms with Crippen molar-refractivity contribution in [3.05, 3.63) is 64.2 Å². The molecule has 2 rings (SSSR count). The van der Waals surface area contributed by atoms with E-state index in [0.717, 1.165) is 41.5 Å². The second kappa shape index (κ2) is 11.1. The number of thioether (sulfide) groups is 1. The molecular formula is C21H22N2O7S. The van der Waals surface area contributed by atoms with E-state index in [1.165, 1.54) is 13.0 Å². The number of hydrogen-bond donors (Lipinski definition) is 1. The third-order valence-corrected chi connectivity index (χ3v) is 5.39. The van der Waals surface area contributed by atoms with Crippen LogP contribution in [0.4, 0.5) is 11.4 Å². The zero-order valence-corrected chi connectivity index (χ0v) is 17.8. The normalized spacial score (nSPS) is 11.4. The van der Waals surface area contributed by atoms with Gasteiger partial charge in [-0.05, 0) is 24.1 Å². The number of carbonyl (C=O) groups excluding carboxylic acids is 3. The maximum absolute atomic E-state index is 13.4. The summed E-state index contributed by atoms with van der Waals surface area (Å²) in [6.07, 6.45) is 0.303. The average Bonchev–Trinajstić information content (AvgIpc) is 2.75. The Kier molecular flexibility index (Phi) is 8.56. The van der Waals surface area contributed by atoms with Crippen molar-refractivity contribution in [1.82, 2.24) is 0 Å². The number of amides is 1. The molecule has 31 heavy (non-hydrogen) atoms. The monoisotopic (exact) mass is 446 g/mol. The zero-order valence-electron chi connectivity index (χ0n) is 17.0. The molecule has 1 amide bonds. The first kappa shape index (κ1) is 23.9. The first-order valence-corrected chi connectivity index (χ1v) is 10.2. The van der Waals surface area contributed by atoms with Crippen LogP contribution in [0.3, 0.4) is 0 Å². The van der Waals surface area contributed by atoms with E-state index in [-0.39, 0.29) is 16.6 Å². The van der Waals surface area contributed by atoms with Crippen LogP contribution in [0.1, 0.15) is 12.5 Å². The van der Waals surface area contributed by atoms with Crippen LogP contribution in [-0.4, -0.2) is 46.4 Å². The molecule has 0 heterocycles. The highest BCUT2D eigenvalue weighted by molar-refractivity contribution is 8.13. The number of anilines is 1. The van der Waals surface area contributed by atoms with Gasteiger partial charge in [0.05, 0.1) is 23.6 Å². The summed E-state index contributed by atoms with van der Waals surface area (Å²) >= 11 is 0.984. The largest absolute Gasteiger partial charge is 0.502 e. The number of phenolic OH excluding ortho intramolecular Hbond substituents is 1. The van der Waals surface area contributed by atoms with Gasteiger partial charge >= 0.3 is 11.7 Å². The summed E-state index contributed by atoms with van der Waals surface area (Å²) in [7, 11) is 1.16. The van der Waals surface area contributed by atoms with Crippen molar-refractivity contribution >= 4 is 40.1 Å². The Morgan fingerprint density at radius 1 is 1.19 bits per heavy atom. The van der Waals surface area contributed by atoms with Gasteiger partial charge in [-0.2, -0.15) is 0 Å². The summed E-state index contributed by atoms with van der Waals surface area (Å²) in [4.78, 5) is 48.4. The van der Waals surface area contributed by atoms with Gasteiger partial charge in [0, 0.05) is 18.7 Å². The first-order valence-electron chi connectivity index (χ1n) is 9.25. The molecule has 2 aromatic carbocycles. The van der Waals surface area contributed by atoms with E-state index in [4.69, 9.17) is 0 Å². The maximum Gasteiger partial charge on any atom is 0.325 e. The smallest absolute Gasteiger partial charge is 0.325 e. The molecule has 0 saturated carbocycles. The fraction of sp³-hybridized carbons (Fsp3) is 0.286. The van der Waals surface area contributed by atoms with Gasteiger partial charge in [0.25, 0.3) is 0 Å². The third kappa shape index (κ3) is 6.82. The van der Waals surface area contributed by atoms with Gasteiger partial charge in [0.15, 0.2) is 10.9 Å². The number of hydrogen-bond acceptors (Lipinski definition) is 8. The van der Waals surface area contributed by atoms with Crippen molar-refractivity contribution in [1.29, 1.82) is 0 Å². The van der Waals surface area contributed by atoms with Crippen LogP contribution in [0.25, 0.3) is 0 Å². The SMILES string of the molecule is COC(=O)CN(C(=O)C(CSC(C)=O)Cc1ccccc1)c1ccc(O)c([N+](=O)[O-])c1. The van der Waals surface area contributed by atoms with Crippen LogP contribution in [0, 0.1) is 16.0 Å².